The average Bonchev–Trinajstić information content (AvgIpc) is 2.88. The molecule has 0 unspecified atom stereocenters. The molecule has 116 valence electrons. The number of thiazole rings is 1. The number of hydrogen-bond acceptors (Lipinski definition) is 4. The molecule has 0 radical (unpaired) electrons. The van der Waals surface area contributed by atoms with Crippen molar-refractivity contribution >= 4 is 23.3 Å². The quantitative estimate of drug-likeness (QED) is 0.844. The van der Waals surface area contributed by atoms with E-state index in [1.165, 1.54) is 0 Å². The topological polar surface area (TPSA) is 62.2 Å². The second-order valence-corrected chi connectivity index (χ2v) is 7.73. The Kier molecular flexibility index (Phi) is 5.17. The van der Waals surface area contributed by atoms with Crippen molar-refractivity contribution in [1.82, 2.24) is 10.3 Å². The van der Waals surface area contributed by atoms with E-state index in [-0.39, 0.29) is 23.5 Å². The van der Waals surface area contributed by atoms with Crippen LogP contribution in [0.2, 0.25) is 0 Å². The Balaban J connectivity index is 1.86. The van der Waals surface area contributed by atoms with Gasteiger partial charge in [-0.3, -0.25) is 4.79 Å². The second-order valence-electron chi connectivity index (χ2n) is 6.67. The Bertz CT molecular complexity index is 509. The van der Waals surface area contributed by atoms with Crippen LogP contribution in [-0.4, -0.2) is 28.1 Å². The molecule has 1 aromatic heterocycles. The molecule has 0 bridgehead atoms. The van der Waals surface area contributed by atoms with Crippen LogP contribution in [0.4, 0.5) is 0 Å². The van der Waals surface area contributed by atoms with Crippen molar-refractivity contribution in [2.45, 2.75) is 64.0 Å². The lowest BCUT2D eigenvalue weighted by molar-refractivity contribution is -0.117. The molecular weight excluding hydrogens is 284 g/mol. The molecule has 4 nitrogen and oxygen atoms in total. The number of aliphatic hydroxyl groups is 1. The molecule has 0 aliphatic heterocycles. The highest BCUT2D eigenvalue weighted by molar-refractivity contribution is 7.12. The fourth-order valence-electron chi connectivity index (χ4n) is 2.34. The number of rotatable bonds is 3. The molecule has 0 saturated heterocycles. The summed E-state index contributed by atoms with van der Waals surface area (Å²) in [6, 6.07) is 0.192. The van der Waals surface area contributed by atoms with Gasteiger partial charge in [0, 0.05) is 28.6 Å². The zero-order chi connectivity index (χ0) is 15.5. The molecule has 2 N–H and O–H groups in total. The summed E-state index contributed by atoms with van der Waals surface area (Å²) in [6.07, 6.45) is 8.28. The van der Waals surface area contributed by atoms with Gasteiger partial charge in [-0.1, -0.05) is 20.8 Å². The van der Waals surface area contributed by atoms with Crippen molar-refractivity contribution in [3.8, 4) is 0 Å². The van der Waals surface area contributed by atoms with Crippen LogP contribution in [-0.2, 0) is 10.2 Å². The molecule has 1 fully saturated rings. The summed E-state index contributed by atoms with van der Waals surface area (Å²) in [5, 5.41) is 13.5. The number of aliphatic hydroxyl groups excluding tert-OH is 1. The first-order valence-corrected chi connectivity index (χ1v) is 8.29. The van der Waals surface area contributed by atoms with E-state index in [2.05, 4.69) is 31.1 Å². The summed E-state index contributed by atoms with van der Waals surface area (Å²) >= 11 is 1.62. The van der Waals surface area contributed by atoms with E-state index in [9.17, 15) is 9.90 Å². The minimum absolute atomic E-state index is 0.0436. The normalized spacial score (nSPS) is 23.4. The fraction of sp³-hybridized carbons (Fsp3) is 0.625. The number of hydrogen-bond donors (Lipinski definition) is 2. The first-order valence-electron chi connectivity index (χ1n) is 7.47. The van der Waals surface area contributed by atoms with Crippen LogP contribution in [0.3, 0.4) is 0 Å². The van der Waals surface area contributed by atoms with E-state index in [1.807, 2.05) is 12.3 Å². The SMILES string of the molecule is CC(C)(C)c1ncc(C=CC(=O)NC2CCC(O)CC2)s1. The molecule has 21 heavy (non-hydrogen) atoms. The Labute approximate surface area is 130 Å². The van der Waals surface area contributed by atoms with Gasteiger partial charge in [0.1, 0.15) is 0 Å². The molecule has 1 aliphatic carbocycles. The van der Waals surface area contributed by atoms with Gasteiger partial charge >= 0.3 is 0 Å². The van der Waals surface area contributed by atoms with Gasteiger partial charge in [0.15, 0.2) is 0 Å². The third-order valence-corrected chi connectivity index (χ3v) is 5.00. The van der Waals surface area contributed by atoms with Gasteiger partial charge in [-0.25, -0.2) is 4.98 Å². The lowest BCUT2D eigenvalue weighted by atomic mass is 9.93. The number of nitrogens with zero attached hydrogens (tertiary/aromatic N) is 1. The van der Waals surface area contributed by atoms with E-state index in [4.69, 9.17) is 0 Å². The van der Waals surface area contributed by atoms with Crippen molar-refractivity contribution < 1.29 is 9.90 Å². The number of amides is 1. The summed E-state index contributed by atoms with van der Waals surface area (Å²) in [5.41, 5.74) is 0.0436. The maximum Gasteiger partial charge on any atom is 0.244 e. The first kappa shape index (κ1) is 16.2. The van der Waals surface area contributed by atoms with Gasteiger partial charge in [0.05, 0.1) is 11.1 Å². The zero-order valence-electron chi connectivity index (χ0n) is 12.9. The van der Waals surface area contributed by atoms with Crippen LogP contribution < -0.4 is 5.32 Å². The molecule has 0 spiro atoms. The highest BCUT2D eigenvalue weighted by Crippen LogP contribution is 2.27. The number of aromatic nitrogens is 1. The smallest absolute Gasteiger partial charge is 0.244 e. The van der Waals surface area contributed by atoms with E-state index in [0.29, 0.717) is 0 Å². The number of nitrogens with one attached hydrogen (secondary N) is 1. The van der Waals surface area contributed by atoms with Crippen LogP contribution in [0.5, 0.6) is 0 Å². The second kappa shape index (κ2) is 6.71. The largest absolute Gasteiger partial charge is 0.393 e. The fourth-order valence-corrected chi connectivity index (χ4v) is 3.21. The lowest BCUT2D eigenvalue weighted by Gasteiger charge is -2.25. The van der Waals surface area contributed by atoms with Gasteiger partial charge in [-0.2, -0.15) is 0 Å². The molecule has 1 heterocycles. The molecule has 1 saturated carbocycles. The van der Waals surface area contributed by atoms with Crippen molar-refractivity contribution in [3.63, 3.8) is 0 Å². The van der Waals surface area contributed by atoms with Crippen LogP contribution >= 0.6 is 11.3 Å². The Morgan fingerprint density at radius 2 is 2.05 bits per heavy atom. The van der Waals surface area contributed by atoms with E-state index < -0.39 is 0 Å². The molecule has 1 aromatic rings. The van der Waals surface area contributed by atoms with E-state index in [0.717, 1.165) is 35.6 Å². The Morgan fingerprint density at radius 3 is 2.62 bits per heavy atom. The van der Waals surface area contributed by atoms with Crippen LogP contribution in [0.25, 0.3) is 6.08 Å². The molecule has 0 aromatic carbocycles. The minimum atomic E-state index is -0.193. The predicted octanol–water partition coefficient (Wildman–Crippen LogP) is 2.87. The molecular formula is C16H24N2O2S. The Morgan fingerprint density at radius 1 is 1.38 bits per heavy atom. The lowest BCUT2D eigenvalue weighted by Crippen LogP contribution is -2.37. The van der Waals surface area contributed by atoms with Crippen molar-refractivity contribution in [2.75, 3.05) is 0 Å². The van der Waals surface area contributed by atoms with E-state index in [1.54, 1.807) is 17.4 Å². The van der Waals surface area contributed by atoms with Crippen molar-refractivity contribution in [1.29, 1.82) is 0 Å². The highest BCUT2D eigenvalue weighted by atomic mass is 32.1. The summed E-state index contributed by atoms with van der Waals surface area (Å²) in [4.78, 5) is 17.3. The molecule has 1 amide bonds. The van der Waals surface area contributed by atoms with Crippen LogP contribution in [0, 0.1) is 0 Å². The van der Waals surface area contributed by atoms with Crippen molar-refractivity contribution in [3.05, 3.63) is 22.2 Å². The number of carbonyl (C=O) groups is 1. The van der Waals surface area contributed by atoms with Gasteiger partial charge < -0.3 is 10.4 Å². The summed E-state index contributed by atoms with van der Waals surface area (Å²) in [6.45, 7) is 6.39. The van der Waals surface area contributed by atoms with Gasteiger partial charge in [-0.05, 0) is 31.8 Å². The van der Waals surface area contributed by atoms with Crippen molar-refractivity contribution in [2.24, 2.45) is 0 Å². The minimum Gasteiger partial charge on any atom is -0.393 e. The molecule has 1 aliphatic rings. The summed E-state index contributed by atoms with van der Waals surface area (Å²) in [7, 11) is 0. The monoisotopic (exact) mass is 308 g/mol. The highest BCUT2D eigenvalue weighted by Gasteiger charge is 2.20. The van der Waals surface area contributed by atoms with E-state index >= 15 is 0 Å². The predicted molar refractivity (Wildman–Crippen MR) is 86.3 cm³/mol. The third kappa shape index (κ3) is 4.93. The molecule has 5 heteroatoms. The molecule has 0 atom stereocenters. The average molecular weight is 308 g/mol. The maximum absolute atomic E-state index is 11.9. The first-order chi connectivity index (χ1) is 9.84. The maximum atomic E-state index is 11.9. The number of carbonyl (C=O) groups excluding carboxylic acids is 1. The third-order valence-electron chi connectivity index (χ3n) is 3.61. The Hall–Kier alpha value is -1.20. The van der Waals surface area contributed by atoms with Gasteiger partial charge in [0.25, 0.3) is 0 Å². The van der Waals surface area contributed by atoms with Gasteiger partial charge in [0.2, 0.25) is 5.91 Å². The van der Waals surface area contributed by atoms with Gasteiger partial charge in [-0.15, -0.1) is 11.3 Å². The summed E-state index contributed by atoms with van der Waals surface area (Å²) in [5.74, 6) is -0.0675. The molecule has 2 rings (SSSR count). The zero-order valence-corrected chi connectivity index (χ0v) is 13.7. The summed E-state index contributed by atoms with van der Waals surface area (Å²) < 4.78 is 0. The van der Waals surface area contributed by atoms with Crippen LogP contribution in [0.1, 0.15) is 56.3 Å². The standard InChI is InChI=1S/C16H24N2O2S/c1-16(2,3)15-17-10-13(21-15)8-9-14(20)18-11-4-6-12(19)7-5-11/h8-12,19H,4-7H2,1-3H3,(H,18,20). The van der Waals surface area contributed by atoms with Crippen LogP contribution in [0.15, 0.2) is 12.3 Å².